The molecule has 0 bridgehead atoms. The van der Waals surface area contributed by atoms with Gasteiger partial charge >= 0.3 is 5.97 Å². The fourth-order valence-electron chi connectivity index (χ4n) is 3.09. The number of nitrogens with zero attached hydrogens (tertiary/aromatic N) is 3. The van der Waals surface area contributed by atoms with Crippen molar-refractivity contribution in [1.82, 2.24) is 14.9 Å². The number of ether oxygens (including phenoxy) is 3. The van der Waals surface area contributed by atoms with Gasteiger partial charge in [-0.1, -0.05) is 11.6 Å². The third-order valence-corrected chi connectivity index (χ3v) is 4.66. The van der Waals surface area contributed by atoms with Gasteiger partial charge in [0.15, 0.2) is 0 Å². The minimum absolute atomic E-state index is 0.244. The Morgan fingerprint density at radius 1 is 1.33 bits per heavy atom. The maximum Gasteiger partial charge on any atom is 0.340 e. The average Bonchev–Trinajstić information content (AvgIpc) is 2.63. The molecule has 1 saturated heterocycles. The summed E-state index contributed by atoms with van der Waals surface area (Å²) in [7, 11) is 3.27. The molecule has 3 heterocycles. The zero-order valence-electron chi connectivity index (χ0n) is 15.6. The molecule has 0 aliphatic carbocycles. The van der Waals surface area contributed by atoms with Crippen LogP contribution in [0.25, 0.3) is 11.1 Å². The second-order valence-corrected chi connectivity index (χ2v) is 6.55. The number of esters is 1. The molecule has 0 N–H and O–H groups in total. The van der Waals surface area contributed by atoms with Gasteiger partial charge in [0.05, 0.1) is 31.1 Å². The predicted octanol–water partition coefficient (Wildman–Crippen LogP) is 2.81. The highest BCUT2D eigenvalue weighted by atomic mass is 35.5. The van der Waals surface area contributed by atoms with E-state index in [2.05, 4.69) is 14.9 Å². The van der Waals surface area contributed by atoms with Gasteiger partial charge in [0, 0.05) is 44.7 Å². The van der Waals surface area contributed by atoms with Gasteiger partial charge in [-0.05, 0) is 24.6 Å². The van der Waals surface area contributed by atoms with Gasteiger partial charge in [-0.3, -0.25) is 9.88 Å². The average molecular weight is 392 g/mol. The highest BCUT2D eigenvalue weighted by Gasteiger charge is 2.29. The molecule has 144 valence electrons. The molecular weight excluding hydrogens is 370 g/mol. The Morgan fingerprint density at radius 3 is 2.74 bits per heavy atom. The van der Waals surface area contributed by atoms with Crippen molar-refractivity contribution in [2.45, 2.75) is 19.6 Å². The van der Waals surface area contributed by atoms with Crippen LogP contribution in [0.2, 0.25) is 5.15 Å². The van der Waals surface area contributed by atoms with Crippen LogP contribution in [0.5, 0.6) is 5.75 Å². The van der Waals surface area contributed by atoms with Gasteiger partial charge in [-0.15, -0.1) is 0 Å². The Morgan fingerprint density at radius 2 is 2.11 bits per heavy atom. The van der Waals surface area contributed by atoms with E-state index in [1.165, 1.54) is 6.20 Å². The molecule has 0 radical (unpaired) electrons. The van der Waals surface area contributed by atoms with Gasteiger partial charge < -0.3 is 14.2 Å². The molecule has 0 unspecified atom stereocenters. The van der Waals surface area contributed by atoms with Crippen molar-refractivity contribution in [3.8, 4) is 16.9 Å². The number of likely N-dealkylation sites (tertiary alicyclic amines) is 1. The molecule has 3 rings (SSSR count). The van der Waals surface area contributed by atoms with Crippen molar-refractivity contribution >= 4 is 17.6 Å². The summed E-state index contributed by atoms with van der Waals surface area (Å²) in [6, 6.07) is 3.47. The molecule has 8 heteroatoms. The Hall–Kier alpha value is -2.22. The summed E-state index contributed by atoms with van der Waals surface area (Å²) in [6.45, 7) is 4.29. The molecule has 0 amide bonds. The SMILES string of the molecule is CCOC(=O)c1cnc(CN2CC(OC)C2)c(OC)c1-c1ccnc(Cl)c1. The van der Waals surface area contributed by atoms with Crippen molar-refractivity contribution in [1.29, 1.82) is 0 Å². The van der Waals surface area contributed by atoms with Gasteiger partial charge in [0.25, 0.3) is 0 Å². The molecule has 27 heavy (non-hydrogen) atoms. The molecule has 2 aromatic heterocycles. The van der Waals surface area contributed by atoms with Gasteiger partial charge in [-0.2, -0.15) is 0 Å². The van der Waals surface area contributed by atoms with E-state index in [0.29, 0.717) is 28.6 Å². The van der Waals surface area contributed by atoms with Gasteiger partial charge in [-0.25, -0.2) is 9.78 Å². The Labute approximate surface area is 163 Å². The summed E-state index contributed by atoms with van der Waals surface area (Å²) in [5.74, 6) is 0.0740. The van der Waals surface area contributed by atoms with E-state index in [9.17, 15) is 4.79 Å². The lowest BCUT2D eigenvalue weighted by Gasteiger charge is -2.38. The van der Waals surface area contributed by atoms with Crippen LogP contribution in [0.15, 0.2) is 24.5 Å². The summed E-state index contributed by atoms with van der Waals surface area (Å²) in [5.41, 5.74) is 2.40. The van der Waals surface area contributed by atoms with Gasteiger partial charge in [0.1, 0.15) is 10.9 Å². The number of carbonyl (C=O) groups is 1. The summed E-state index contributed by atoms with van der Waals surface area (Å²) < 4.78 is 16.2. The number of pyridine rings is 2. The first kappa shape index (κ1) is 19.5. The van der Waals surface area contributed by atoms with Crippen LogP contribution in [0.4, 0.5) is 0 Å². The number of rotatable bonds is 7. The minimum atomic E-state index is -0.457. The van der Waals surface area contributed by atoms with Crippen LogP contribution in [0, 0.1) is 0 Å². The molecule has 0 spiro atoms. The minimum Gasteiger partial charge on any atom is -0.494 e. The number of methoxy groups -OCH3 is 2. The molecule has 0 atom stereocenters. The first-order valence-corrected chi connectivity index (χ1v) is 9.05. The molecular formula is C19H22ClN3O4. The lowest BCUT2D eigenvalue weighted by Crippen LogP contribution is -2.51. The van der Waals surface area contributed by atoms with Crippen LogP contribution in [0.1, 0.15) is 23.0 Å². The molecule has 1 aliphatic rings. The molecule has 0 aromatic carbocycles. The second-order valence-electron chi connectivity index (χ2n) is 6.17. The zero-order chi connectivity index (χ0) is 19.4. The van der Waals surface area contributed by atoms with Crippen LogP contribution >= 0.6 is 11.6 Å². The van der Waals surface area contributed by atoms with Crippen molar-refractivity contribution in [2.24, 2.45) is 0 Å². The number of hydrogen-bond donors (Lipinski definition) is 0. The highest BCUT2D eigenvalue weighted by molar-refractivity contribution is 6.29. The fourth-order valence-corrected chi connectivity index (χ4v) is 3.26. The third kappa shape index (κ3) is 4.21. The maximum absolute atomic E-state index is 12.5. The fraction of sp³-hybridized carbons (Fsp3) is 0.421. The van der Waals surface area contributed by atoms with E-state index in [-0.39, 0.29) is 12.7 Å². The highest BCUT2D eigenvalue weighted by Crippen LogP contribution is 2.37. The molecule has 1 aliphatic heterocycles. The summed E-state index contributed by atoms with van der Waals surface area (Å²) in [5, 5.41) is 0.327. The lowest BCUT2D eigenvalue weighted by atomic mass is 9.99. The number of hydrogen-bond acceptors (Lipinski definition) is 7. The third-order valence-electron chi connectivity index (χ3n) is 4.45. The Bertz CT molecular complexity index is 825. The van der Waals surface area contributed by atoms with Crippen LogP contribution in [-0.4, -0.2) is 60.9 Å². The van der Waals surface area contributed by atoms with E-state index >= 15 is 0 Å². The van der Waals surface area contributed by atoms with E-state index in [1.54, 1.807) is 39.5 Å². The monoisotopic (exact) mass is 391 g/mol. The lowest BCUT2D eigenvalue weighted by molar-refractivity contribution is -0.0341. The van der Waals surface area contributed by atoms with Crippen molar-refractivity contribution in [3.05, 3.63) is 40.9 Å². The smallest absolute Gasteiger partial charge is 0.340 e. The Kier molecular flexibility index (Phi) is 6.26. The van der Waals surface area contributed by atoms with Crippen molar-refractivity contribution < 1.29 is 19.0 Å². The molecule has 0 saturated carbocycles. The largest absolute Gasteiger partial charge is 0.494 e. The predicted molar refractivity (Wildman–Crippen MR) is 101 cm³/mol. The second kappa shape index (κ2) is 8.65. The van der Waals surface area contributed by atoms with Crippen LogP contribution in [-0.2, 0) is 16.0 Å². The first-order chi connectivity index (χ1) is 13.1. The number of carbonyl (C=O) groups excluding carboxylic acids is 1. The van der Waals surface area contributed by atoms with Crippen LogP contribution < -0.4 is 4.74 Å². The topological polar surface area (TPSA) is 73.8 Å². The van der Waals surface area contributed by atoms with Crippen LogP contribution in [0.3, 0.4) is 0 Å². The molecule has 7 nitrogen and oxygen atoms in total. The quantitative estimate of drug-likeness (QED) is 0.530. The maximum atomic E-state index is 12.5. The van der Waals surface area contributed by atoms with E-state index in [1.807, 2.05) is 0 Å². The summed E-state index contributed by atoms with van der Waals surface area (Å²) >= 11 is 6.07. The van der Waals surface area contributed by atoms with E-state index < -0.39 is 5.97 Å². The molecule has 1 fully saturated rings. The summed E-state index contributed by atoms with van der Waals surface area (Å²) in [4.78, 5) is 23.2. The normalized spacial score (nSPS) is 14.7. The standard InChI is InChI=1S/C19H22ClN3O4/c1-4-27-19(24)14-8-22-15(11-23-9-13(10-23)25-2)18(26-3)17(14)12-5-6-21-16(20)7-12/h5-8,13H,4,9-11H2,1-3H3. The zero-order valence-corrected chi connectivity index (χ0v) is 16.3. The van der Waals surface area contributed by atoms with E-state index in [0.717, 1.165) is 24.3 Å². The van der Waals surface area contributed by atoms with Crippen molar-refractivity contribution in [2.75, 3.05) is 33.9 Å². The number of aromatic nitrogens is 2. The van der Waals surface area contributed by atoms with E-state index in [4.69, 9.17) is 25.8 Å². The van der Waals surface area contributed by atoms with Gasteiger partial charge in [0.2, 0.25) is 0 Å². The van der Waals surface area contributed by atoms with Crippen molar-refractivity contribution in [3.63, 3.8) is 0 Å². The number of halogens is 1. The first-order valence-electron chi connectivity index (χ1n) is 8.67. The summed E-state index contributed by atoms with van der Waals surface area (Å²) in [6.07, 6.45) is 3.37. The Balaban J connectivity index is 2.04. The molecule has 2 aromatic rings.